The quantitative estimate of drug-likeness (QED) is 0.206. The molecule has 0 fully saturated rings. The van der Waals surface area contributed by atoms with E-state index in [-0.39, 0.29) is 42.3 Å². The summed E-state index contributed by atoms with van der Waals surface area (Å²) in [6.45, 7) is 9.50. The number of amides is 1. The molecular weight excluding hydrogens is 431 g/mol. The Morgan fingerprint density at radius 2 is 1.76 bits per heavy atom. The number of carbonyl (C=O) groups is 1. The van der Waals surface area contributed by atoms with E-state index in [0.29, 0.717) is 19.0 Å². The van der Waals surface area contributed by atoms with Crippen molar-refractivity contribution in [2.45, 2.75) is 33.3 Å². The molecule has 1 amide bonds. The molecule has 0 aliphatic heterocycles. The standard InChI is InChI=1S/C18H30N4O2.HI/c1-5-19-17(21-12-11-20-16(23)14(2)3)22-13-18(4,24)15-9-7-6-8-10-15;/h6-10,14,24H,5,11-13H2,1-4H3,(H,20,23)(H2,19,21,22);1H. The highest BCUT2D eigenvalue weighted by molar-refractivity contribution is 14.0. The summed E-state index contributed by atoms with van der Waals surface area (Å²) in [5.74, 6) is 0.631. The maximum absolute atomic E-state index is 11.5. The third-order valence-corrected chi connectivity index (χ3v) is 3.53. The summed E-state index contributed by atoms with van der Waals surface area (Å²) < 4.78 is 0. The van der Waals surface area contributed by atoms with E-state index in [2.05, 4.69) is 20.9 Å². The molecule has 1 aromatic rings. The molecule has 0 aromatic heterocycles. The van der Waals surface area contributed by atoms with Crippen LogP contribution in [0.25, 0.3) is 0 Å². The lowest BCUT2D eigenvalue weighted by Crippen LogP contribution is -2.42. The van der Waals surface area contributed by atoms with Crippen molar-refractivity contribution >= 4 is 35.8 Å². The molecule has 7 heteroatoms. The van der Waals surface area contributed by atoms with Crippen LogP contribution in [0.3, 0.4) is 0 Å². The Morgan fingerprint density at radius 1 is 1.16 bits per heavy atom. The minimum Gasteiger partial charge on any atom is -0.384 e. The average molecular weight is 462 g/mol. The molecule has 0 spiro atoms. The van der Waals surface area contributed by atoms with Crippen molar-refractivity contribution in [3.63, 3.8) is 0 Å². The van der Waals surface area contributed by atoms with Crippen LogP contribution in [0.1, 0.15) is 33.3 Å². The molecule has 0 saturated carbocycles. The summed E-state index contributed by atoms with van der Waals surface area (Å²) in [4.78, 5) is 16.0. The van der Waals surface area contributed by atoms with E-state index in [4.69, 9.17) is 0 Å². The lowest BCUT2D eigenvalue weighted by molar-refractivity contribution is -0.123. The van der Waals surface area contributed by atoms with Crippen LogP contribution in [0.15, 0.2) is 35.3 Å². The van der Waals surface area contributed by atoms with Crippen LogP contribution in [-0.4, -0.2) is 43.2 Å². The second kappa shape index (κ2) is 12.1. The van der Waals surface area contributed by atoms with Crippen molar-refractivity contribution in [1.29, 1.82) is 0 Å². The predicted molar refractivity (Wildman–Crippen MR) is 113 cm³/mol. The highest BCUT2D eigenvalue weighted by atomic mass is 127. The van der Waals surface area contributed by atoms with Crippen LogP contribution in [0.2, 0.25) is 0 Å². The molecule has 4 N–H and O–H groups in total. The van der Waals surface area contributed by atoms with E-state index < -0.39 is 5.60 Å². The minimum absolute atomic E-state index is 0. The van der Waals surface area contributed by atoms with Crippen LogP contribution < -0.4 is 16.0 Å². The van der Waals surface area contributed by atoms with Crippen molar-refractivity contribution in [2.24, 2.45) is 10.9 Å². The number of nitrogens with one attached hydrogen (secondary N) is 3. The zero-order valence-electron chi connectivity index (χ0n) is 15.5. The van der Waals surface area contributed by atoms with E-state index in [1.807, 2.05) is 51.1 Å². The summed E-state index contributed by atoms with van der Waals surface area (Å²) in [6.07, 6.45) is 0. The van der Waals surface area contributed by atoms with Crippen LogP contribution in [0.4, 0.5) is 0 Å². The molecule has 1 rings (SSSR count). The number of halogens is 1. The molecule has 25 heavy (non-hydrogen) atoms. The first-order valence-corrected chi connectivity index (χ1v) is 8.44. The Balaban J connectivity index is 0.00000576. The minimum atomic E-state index is -1.03. The number of aliphatic hydroxyl groups is 1. The van der Waals surface area contributed by atoms with Crippen LogP contribution in [0, 0.1) is 5.92 Å². The number of aliphatic imine (C=N–C) groups is 1. The Bertz CT molecular complexity index is 533. The van der Waals surface area contributed by atoms with Gasteiger partial charge < -0.3 is 21.1 Å². The van der Waals surface area contributed by atoms with Crippen LogP contribution in [0.5, 0.6) is 0 Å². The fourth-order valence-corrected chi connectivity index (χ4v) is 2.03. The van der Waals surface area contributed by atoms with Crippen molar-refractivity contribution in [2.75, 3.05) is 26.2 Å². The molecule has 6 nitrogen and oxygen atoms in total. The SMILES string of the molecule is CCNC(=NCC(C)(O)c1ccccc1)NCCNC(=O)C(C)C.I. The van der Waals surface area contributed by atoms with Gasteiger partial charge in [0, 0.05) is 25.6 Å². The molecule has 1 aromatic carbocycles. The number of rotatable bonds is 8. The highest BCUT2D eigenvalue weighted by Crippen LogP contribution is 2.20. The Hall–Kier alpha value is -1.35. The van der Waals surface area contributed by atoms with Gasteiger partial charge in [0.15, 0.2) is 5.96 Å². The molecular formula is C18H31IN4O2. The second-order valence-corrected chi connectivity index (χ2v) is 6.21. The maximum atomic E-state index is 11.5. The smallest absolute Gasteiger partial charge is 0.222 e. The van der Waals surface area contributed by atoms with E-state index in [1.165, 1.54) is 0 Å². The Kier molecular flexibility index (Phi) is 11.4. The van der Waals surface area contributed by atoms with Crippen LogP contribution in [-0.2, 0) is 10.4 Å². The van der Waals surface area contributed by atoms with Gasteiger partial charge in [0.05, 0.1) is 6.54 Å². The molecule has 0 bridgehead atoms. The van der Waals surface area contributed by atoms with Crippen LogP contribution >= 0.6 is 24.0 Å². The first-order chi connectivity index (χ1) is 11.4. The predicted octanol–water partition coefficient (Wildman–Crippen LogP) is 1.84. The van der Waals surface area contributed by atoms with Crippen molar-refractivity contribution in [3.05, 3.63) is 35.9 Å². The van der Waals surface area contributed by atoms with Gasteiger partial charge in [-0.25, -0.2) is 4.99 Å². The van der Waals surface area contributed by atoms with Crippen molar-refractivity contribution in [1.82, 2.24) is 16.0 Å². The first-order valence-electron chi connectivity index (χ1n) is 8.44. The van der Waals surface area contributed by atoms with E-state index in [9.17, 15) is 9.90 Å². The zero-order valence-corrected chi connectivity index (χ0v) is 17.8. The first kappa shape index (κ1) is 23.6. The number of carbonyl (C=O) groups excluding carboxylic acids is 1. The summed E-state index contributed by atoms with van der Waals surface area (Å²) in [5, 5.41) is 19.7. The van der Waals surface area contributed by atoms with E-state index in [1.54, 1.807) is 6.92 Å². The number of benzene rings is 1. The van der Waals surface area contributed by atoms with Gasteiger partial charge in [0.25, 0.3) is 0 Å². The van der Waals surface area contributed by atoms with Gasteiger partial charge in [0.2, 0.25) is 5.91 Å². The summed E-state index contributed by atoms with van der Waals surface area (Å²) in [7, 11) is 0. The zero-order chi connectivity index (χ0) is 18.0. The largest absolute Gasteiger partial charge is 0.384 e. The molecule has 0 radical (unpaired) electrons. The van der Waals surface area contributed by atoms with Gasteiger partial charge in [-0.2, -0.15) is 0 Å². The fourth-order valence-electron chi connectivity index (χ4n) is 2.03. The number of hydrogen-bond donors (Lipinski definition) is 4. The topological polar surface area (TPSA) is 85.8 Å². The Labute approximate surface area is 167 Å². The number of nitrogens with zero attached hydrogens (tertiary/aromatic N) is 1. The number of hydrogen-bond acceptors (Lipinski definition) is 3. The lowest BCUT2D eigenvalue weighted by Gasteiger charge is -2.22. The molecule has 0 saturated heterocycles. The fraction of sp³-hybridized carbons (Fsp3) is 0.556. The Morgan fingerprint density at radius 3 is 2.32 bits per heavy atom. The monoisotopic (exact) mass is 462 g/mol. The van der Waals surface area contributed by atoms with Gasteiger partial charge in [-0.15, -0.1) is 24.0 Å². The average Bonchev–Trinajstić information content (AvgIpc) is 2.56. The third kappa shape index (κ3) is 9.06. The third-order valence-electron chi connectivity index (χ3n) is 3.53. The maximum Gasteiger partial charge on any atom is 0.222 e. The molecule has 0 aliphatic carbocycles. The molecule has 0 aliphatic rings. The normalized spacial score (nSPS) is 13.6. The molecule has 0 heterocycles. The van der Waals surface area contributed by atoms with Gasteiger partial charge in [0.1, 0.15) is 5.60 Å². The van der Waals surface area contributed by atoms with Crippen molar-refractivity contribution in [3.8, 4) is 0 Å². The van der Waals surface area contributed by atoms with Gasteiger partial charge >= 0.3 is 0 Å². The van der Waals surface area contributed by atoms with E-state index >= 15 is 0 Å². The van der Waals surface area contributed by atoms with Gasteiger partial charge in [-0.3, -0.25) is 4.79 Å². The highest BCUT2D eigenvalue weighted by Gasteiger charge is 2.22. The van der Waals surface area contributed by atoms with Gasteiger partial charge in [-0.05, 0) is 19.4 Å². The molecule has 142 valence electrons. The number of guanidine groups is 1. The molecule has 1 atom stereocenters. The van der Waals surface area contributed by atoms with E-state index in [0.717, 1.165) is 12.1 Å². The summed E-state index contributed by atoms with van der Waals surface area (Å²) >= 11 is 0. The lowest BCUT2D eigenvalue weighted by atomic mass is 9.96. The van der Waals surface area contributed by atoms with Crippen molar-refractivity contribution < 1.29 is 9.90 Å². The second-order valence-electron chi connectivity index (χ2n) is 6.21. The summed E-state index contributed by atoms with van der Waals surface area (Å²) in [6, 6.07) is 9.48. The van der Waals surface area contributed by atoms with Gasteiger partial charge in [-0.1, -0.05) is 44.2 Å². The molecule has 1 unspecified atom stereocenters. The summed E-state index contributed by atoms with van der Waals surface area (Å²) in [5.41, 5.74) is -0.205.